The lowest BCUT2D eigenvalue weighted by Gasteiger charge is -2.30. The Morgan fingerprint density at radius 3 is 2.15 bits per heavy atom. The van der Waals surface area contributed by atoms with Gasteiger partial charge in [0.05, 0.1) is 0 Å². The number of aliphatic imine (C=N–C) groups is 1. The van der Waals surface area contributed by atoms with E-state index in [2.05, 4.69) is 36.4 Å². The molecule has 0 amide bonds. The third-order valence-electron chi connectivity index (χ3n) is 5.39. The number of ketones is 1. The van der Waals surface area contributed by atoms with Crippen molar-refractivity contribution in [3.63, 3.8) is 0 Å². The van der Waals surface area contributed by atoms with E-state index in [1.165, 1.54) is 11.1 Å². The van der Waals surface area contributed by atoms with E-state index in [1.807, 2.05) is 55.5 Å². The van der Waals surface area contributed by atoms with Crippen LogP contribution in [-0.4, -0.2) is 18.0 Å². The first kappa shape index (κ1) is 17.4. The molecule has 2 atom stereocenters. The standard InChI is InChI=1S/C25H23NO/c1-18-12-14-21(15-13-18)25(27)23-17-26-24(20-10-6-3-7-11-20)16-22(23)19-8-4-2-5-9-19/h2-15,22-23H,16-17H2,1H3. The first-order valence-electron chi connectivity index (χ1n) is 9.47. The lowest BCUT2D eigenvalue weighted by atomic mass is 9.75. The molecule has 0 saturated heterocycles. The van der Waals surface area contributed by atoms with Gasteiger partial charge < -0.3 is 0 Å². The number of rotatable bonds is 4. The summed E-state index contributed by atoms with van der Waals surface area (Å²) in [4.78, 5) is 18.1. The average Bonchev–Trinajstić information content (AvgIpc) is 2.75. The van der Waals surface area contributed by atoms with E-state index in [4.69, 9.17) is 4.99 Å². The first-order chi connectivity index (χ1) is 13.2. The van der Waals surface area contributed by atoms with Crippen molar-refractivity contribution in [2.45, 2.75) is 19.3 Å². The quantitative estimate of drug-likeness (QED) is 0.572. The summed E-state index contributed by atoms with van der Waals surface area (Å²) >= 11 is 0. The van der Waals surface area contributed by atoms with Crippen molar-refractivity contribution < 1.29 is 4.79 Å². The van der Waals surface area contributed by atoms with Crippen LogP contribution in [0, 0.1) is 12.8 Å². The summed E-state index contributed by atoms with van der Waals surface area (Å²) in [6.45, 7) is 2.58. The molecule has 0 radical (unpaired) electrons. The highest BCUT2D eigenvalue weighted by molar-refractivity contribution is 6.04. The van der Waals surface area contributed by atoms with Gasteiger partial charge in [-0.15, -0.1) is 0 Å². The number of hydrogen-bond acceptors (Lipinski definition) is 2. The lowest BCUT2D eigenvalue weighted by Crippen LogP contribution is -2.31. The second kappa shape index (κ2) is 7.71. The van der Waals surface area contributed by atoms with Crippen LogP contribution < -0.4 is 0 Å². The van der Waals surface area contributed by atoms with Crippen molar-refractivity contribution in [2.24, 2.45) is 10.9 Å². The maximum absolute atomic E-state index is 13.3. The summed E-state index contributed by atoms with van der Waals surface area (Å²) in [6, 6.07) is 28.6. The highest BCUT2D eigenvalue weighted by atomic mass is 16.1. The van der Waals surface area contributed by atoms with Gasteiger partial charge >= 0.3 is 0 Å². The maximum Gasteiger partial charge on any atom is 0.168 e. The zero-order chi connectivity index (χ0) is 18.6. The van der Waals surface area contributed by atoms with E-state index in [9.17, 15) is 4.79 Å². The third-order valence-corrected chi connectivity index (χ3v) is 5.39. The van der Waals surface area contributed by atoms with Crippen LogP contribution in [0.4, 0.5) is 0 Å². The molecule has 2 unspecified atom stereocenters. The second-order valence-electron chi connectivity index (χ2n) is 7.21. The number of aryl methyl sites for hydroxylation is 1. The molecular formula is C25H23NO. The Morgan fingerprint density at radius 2 is 1.48 bits per heavy atom. The number of Topliss-reactive ketones (excluding diaryl/α,β-unsaturated/α-hetero) is 1. The molecular weight excluding hydrogens is 330 g/mol. The monoisotopic (exact) mass is 353 g/mol. The summed E-state index contributed by atoms with van der Waals surface area (Å²) < 4.78 is 0. The Hall–Kier alpha value is -3.00. The number of carbonyl (C=O) groups is 1. The van der Waals surface area contributed by atoms with Gasteiger partial charge in [0, 0.05) is 29.7 Å². The molecule has 2 nitrogen and oxygen atoms in total. The van der Waals surface area contributed by atoms with Crippen molar-refractivity contribution in [3.05, 3.63) is 107 Å². The van der Waals surface area contributed by atoms with Crippen LogP contribution in [0.15, 0.2) is 89.9 Å². The summed E-state index contributed by atoms with van der Waals surface area (Å²) in [5.41, 5.74) is 5.41. The number of carbonyl (C=O) groups excluding carboxylic acids is 1. The van der Waals surface area contributed by atoms with E-state index in [0.29, 0.717) is 6.54 Å². The van der Waals surface area contributed by atoms with E-state index in [0.717, 1.165) is 23.3 Å². The van der Waals surface area contributed by atoms with Crippen LogP contribution in [0.2, 0.25) is 0 Å². The zero-order valence-electron chi connectivity index (χ0n) is 15.5. The van der Waals surface area contributed by atoms with Crippen molar-refractivity contribution >= 4 is 11.5 Å². The second-order valence-corrected chi connectivity index (χ2v) is 7.21. The molecule has 2 heteroatoms. The molecule has 0 saturated carbocycles. The van der Waals surface area contributed by atoms with E-state index in [1.54, 1.807) is 0 Å². The fraction of sp³-hybridized carbons (Fsp3) is 0.200. The van der Waals surface area contributed by atoms with Crippen LogP contribution in [0.5, 0.6) is 0 Å². The lowest BCUT2D eigenvalue weighted by molar-refractivity contribution is 0.0903. The number of nitrogens with zero attached hydrogens (tertiary/aromatic N) is 1. The third kappa shape index (κ3) is 3.75. The van der Waals surface area contributed by atoms with Crippen molar-refractivity contribution in [2.75, 3.05) is 6.54 Å². The smallest absolute Gasteiger partial charge is 0.168 e. The normalized spacial score (nSPS) is 19.4. The van der Waals surface area contributed by atoms with Gasteiger partial charge in [-0.2, -0.15) is 0 Å². The van der Waals surface area contributed by atoms with Gasteiger partial charge in [0.25, 0.3) is 0 Å². The topological polar surface area (TPSA) is 29.4 Å². The molecule has 0 N–H and O–H groups in total. The van der Waals surface area contributed by atoms with Gasteiger partial charge in [-0.25, -0.2) is 0 Å². The largest absolute Gasteiger partial charge is 0.294 e. The Labute approximate surface area is 160 Å². The molecule has 0 fully saturated rings. The maximum atomic E-state index is 13.3. The van der Waals surface area contributed by atoms with Crippen LogP contribution in [0.1, 0.15) is 39.4 Å². The molecule has 1 heterocycles. The van der Waals surface area contributed by atoms with E-state index >= 15 is 0 Å². The van der Waals surface area contributed by atoms with Crippen molar-refractivity contribution in [3.8, 4) is 0 Å². The van der Waals surface area contributed by atoms with Crippen LogP contribution >= 0.6 is 0 Å². The Morgan fingerprint density at radius 1 is 0.852 bits per heavy atom. The van der Waals surface area contributed by atoms with Gasteiger partial charge in [-0.1, -0.05) is 90.5 Å². The summed E-state index contributed by atoms with van der Waals surface area (Å²) in [5, 5.41) is 0. The Bertz CT molecular complexity index is 943. The van der Waals surface area contributed by atoms with Crippen molar-refractivity contribution in [1.82, 2.24) is 0 Å². The molecule has 0 bridgehead atoms. The molecule has 0 aromatic heterocycles. The average molecular weight is 353 g/mol. The predicted molar refractivity (Wildman–Crippen MR) is 111 cm³/mol. The molecule has 0 aliphatic carbocycles. The molecule has 3 aromatic rings. The summed E-state index contributed by atoms with van der Waals surface area (Å²) in [5.74, 6) is 0.218. The predicted octanol–water partition coefficient (Wildman–Crippen LogP) is 5.47. The number of benzene rings is 3. The fourth-order valence-corrected chi connectivity index (χ4v) is 3.84. The zero-order valence-corrected chi connectivity index (χ0v) is 15.5. The Balaban J connectivity index is 1.69. The summed E-state index contributed by atoms with van der Waals surface area (Å²) in [7, 11) is 0. The molecule has 4 rings (SSSR count). The highest BCUT2D eigenvalue weighted by Gasteiger charge is 2.34. The van der Waals surface area contributed by atoms with Gasteiger partial charge in [0.2, 0.25) is 0 Å². The molecule has 3 aromatic carbocycles. The minimum Gasteiger partial charge on any atom is -0.294 e. The van der Waals surface area contributed by atoms with E-state index < -0.39 is 0 Å². The minimum absolute atomic E-state index is 0.123. The van der Waals surface area contributed by atoms with Crippen LogP contribution in [0.25, 0.3) is 0 Å². The number of hydrogen-bond donors (Lipinski definition) is 0. The van der Waals surface area contributed by atoms with Gasteiger partial charge in [0.1, 0.15) is 0 Å². The molecule has 1 aliphatic rings. The molecule has 1 aliphatic heterocycles. The molecule has 134 valence electrons. The van der Waals surface area contributed by atoms with E-state index in [-0.39, 0.29) is 17.6 Å². The van der Waals surface area contributed by atoms with Gasteiger partial charge in [0.15, 0.2) is 5.78 Å². The first-order valence-corrected chi connectivity index (χ1v) is 9.47. The van der Waals surface area contributed by atoms with Crippen LogP contribution in [-0.2, 0) is 0 Å². The van der Waals surface area contributed by atoms with Gasteiger partial charge in [-0.3, -0.25) is 9.79 Å². The van der Waals surface area contributed by atoms with Crippen molar-refractivity contribution in [1.29, 1.82) is 0 Å². The summed E-state index contributed by atoms with van der Waals surface area (Å²) in [6.07, 6.45) is 0.788. The van der Waals surface area contributed by atoms with Crippen LogP contribution in [0.3, 0.4) is 0 Å². The molecule has 0 spiro atoms. The Kier molecular flexibility index (Phi) is 4.97. The highest BCUT2D eigenvalue weighted by Crippen LogP contribution is 2.35. The molecule has 27 heavy (non-hydrogen) atoms. The SMILES string of the molecule is Cc1ccc(C(=O)C2CN=C(c3ccccc3)CC2c2ccccc2)cc1. The van der Waals surface area contributed by atoms with Gasteiger partial charge in [-0.05, 0) is 24.5 Å². The minimum atomic E-state index is -0.123. The fourth-order valence-electron chi connectivity index (χ4n) is 3.84.